The number of aryl methyl sites for hydroxylation is 1. The third-order valence-electron chi connectivity index (χ3n) is 3.43. The van der Waals surface area contributed by atoms with Crippen LogP contribution in [0.4, 0.5) is 0 Å². The van der Waals surface area contributed by atoms with Gasteiger partial charge in [0.2, 0.25) is 0 Å². The summed E-state index contributed by atoms with van der Waals surface area (Å²) in [5.74, 6) is 1.59. The van der Waals surface area contributed by atoms with Crippen molar-refractivity contribution in [2.75, 3.05) is 13.1 Å². The van der Waals surface area contributed by atoms with Crippen LogP contribution in [-0.2, 0) is 13.5 Å². The van der Waals surface area contributed by atoms with Crippen LogP contribution < -0.4 is 5.32 Å². The summed E-state index contributed by atoms with van der Waals surface area (Å²) in [7, 11) is 1.98. The maximum atomic E-state index is 4.37. The quantitative estimate of drug-likeness (QED) is 0.874. The monoisotopic (exact) mass is 243 g/mol. The van der Waals surface area contributed by atoms with Gasteiger partial charge in [0.05, 0.1) is 0 Å². The van der Waals surface area contributed by atoms with Crippen molar-refractivity contribution < 1.29 is 0 Å². The Kier molecular flexibility index (Phi) is 3.06. The second-order valence-corrected chi connectivity index (χ2v) is 4.82. The highest BCUT2D eigenvalue weighted by molar-refractivity contribution is 5.49. The Morgan fingerprint density at radius 1 is 1.39 bits per heavy atom. The highest BCUT2D eigenvalue weighted by atomic mass is 15.1. The molecule has 1 aliphatic heterocycles. The van der Waals surface area contributed by atoms with E-state index in [4.69, 9.17) is 0 Å². The molecule has 1 aliphatic rings. The summed E-state index contributed by atoms with van der Waals surface area (Å²) in [5.41, 5.74) is 2.01. The third kappa shape index (κ3) is 2.26. The molecule has 2 aromatic heterocycles. The minimum Gasteiger partial charge on any atom is -0.333 e. The van der Waals surface area contributed by atoms with Crippen molar-refractivity contribution >= 4 is 0 Å². The molecule has 94 valence electrons. The van der Waals surface area contributed by atoms with Gasteiger partial charge in [-0.2, -0.15) is 0 Å². The fourth-order valence-corrected chi connectivity index (χ4v) is 2.43. The van der Waals surface area contributed by atoms with E-state index >= 15 is 0 Å². The van der Waals surface area contributed by atoms with Crippen LogP contribution in [-0.4, -0.2) is 32.6 Å². The van der Waals surface area contributed by atoms with Crippen molar-refractivity contribution in [2.24, 2.45) is 13.0 Å². The van der Waals surface area contributed by atoms with Crippen LogP contribution >= 0.6 is 0 Å². The lowest BCUT2D eigenvalue weighted by molar-refractivity contribution is 0.571. The summed E-state index contributed by atoms with van der Waals surface area (Å²) in [4.78, 5) is 13.0. The Bertz CT molecular complexity index is 528. The molecule has 0 amide bonds. The molecule has 1 fully saturated rings. The van der Waals surface area contributed by atoms with Crippen LogP contribution in [0.3, 0.4) is 0 Å². The summed E-state index contributed by atoms with van der Waals surface area (Å²) < 4.78 is 1.98. The second kappa shape index (κ2) is 4.86. The van der Waals surface area contributed by atoms with Crippen molar-refractivity contribution in [1.29, 1.82) is 0 Å². The van der Waals surface area contributed by atoms with E-state index in [9.17, 15) is 0 Å². The van der Waals surface area contributed by atoms with E-state index in [2.05, 4.69) is 26.3 Å². The second-order valence-electron chi connectivity index (χ2n) is 4.82. The lowest BCUT2D eigenvalue weighted by Gasteiger charge is -2.08. The van der Waals surface area contributed by atoms with Crippen LogP contribution in [0.5, 0.6) is 0 Å². The first-order valence-electron chi connectivity index (χ1n) is 6.32. The number of rotatable bonds is 3. The van der Waals surface area contributed by atoms with Crippen LogP contribution in [0.25, 0.3) is 11.5 Å². The van der Waals surface area contributed by atoms with E-state index in [0.717, 1.165) is 36.7 Å². The van der Waals surface area contributed by atoms with E-state index in [1.54, 1.807) is 12.5 Å². The van der Waals surface area contributed by atoms with E-state index in [-0.39, 0.29) is 0 Å². The van der Waals surface area contributed by atoms with Gasteiger partial charge in [-0.1, -0.05) is 0 Å². The highest BCUT2D eigenvalue weighted by Crippen LogP contribution is 2.17. The van der Waals surface area contributed by atoms with E-state index < -0.39 is 0 Å². The molecule has 5 nitrogen and oxygen atoms in total. The van der Waals surface area contributed by atoms with Gasteiger partial charge in [0, 0.05) is 25.1 Å². The number of aromatic nitrogens is 4. The Morgan fingerprint density at radius 2 is 2.33 bits per heavy atom. The van der Waals surface area contributed by atoms with Crippen LogP contribution in [0.2, 0.25) is 0 Å². The largest absolute Gasteiger partial charge is 0.333 e. The van der Waals surface area contributed by atoms with Gasteiger partial charge in [0.1, 0.15) is 12.0 Å². The number of nitrogens with one attached hydrogen (secondary N) is 1. The van der Waals surface area contributed by atoms with Gasteiger partial charge in [0.25, 0.3) is 0 Å². The first kappa shape index (κ1) is 11.3. The Morgan fingerprint density at radius 3 is 3.06 bits per heavy atom. The zero-order valence-corrected chi connectivity index (χ0v) is 10.5. The highest BCUT2D eigenvalue weighted by Gasteiger charge is 2.16. The minimum absolute atomic E-state index is 0.703. The molecule has 0 saturated carbocycles. The molecular weight excluding hydrogens is 226 g/mol. The average molecular weight is 243 g/mol. The van der Waals surface area contributed by atoms with Gasteiger partial charge in [-0.05, 0) is 37.9 Å². The Balaban J connectivity index is 1.82. The topological polar surface area (TPSA) is 55.6 Å². The van der Waals surface area contributed by atoms with E-state index in [0.29, 0.717) is 5.92 Å². The number of hydrogen-bond acceptors (Lipinski definition) is 4. The molecule has 1 atom stereocenters. The zero-order valence-electron chi connectivity index (χ0n) is 10.5. The molecule has 2 aromatic rings. The van der Waals surface area contributed by atoms with E-state index in [1.165, 1.54) is 6.42 Å². The molecule has 0 bridgehead atoms. The van der Waals surface area contributed by atoms with Crippen molar-refractivity contribution in [3.05, 3.63) is 30.5 Å². The lowest BCUT2D eigenvalue weighted by atomic mass is 10.0. The molecule has 3 rings (SSSR count). The smallest absolute Gasteiger partial charge is 0.158 e. The SMILES string of the molecule is Cn1ccnc1-c1cc(CC2CCNC2)ncn1. The van der Waals surface area contributed by atoms with Gasteiger partial charge < -0.3 is 9.88 Å². The standard InChI is InChI=1S/C13H17N5/c1-18-5-4-15-13(18)12-7-11(16-9-17-12)6-10-2-3-14-8-10/h4-5,7,9-10,14H,2-3,6,8H2,1H3. The maximum Gasteiger partial charge on any atom is 0.158 e. The molecular formula is C13H17N5. The molecule has 1 unspecified atom stereocenters. The van der Waals surface area contributed by atoms with Gasteiger partial charge >= 0.3 is 0 Å². The summed E-state index contributed by atoms with van der Waals surface area (Å²) in [6, 6.07) is 2.06. The van der Waals surface area contributed by atoms with Gasteiger partial charge in [-0.15, -0.1) is 0 Å². The molecule has 18 heavy (non-hydrogen) atoms. The third-order valence-corrected chi connectivity index (χ3v) is 3.43. The molecule has 0 aliphatic carbocycles. The number of nitrogens with zero attached hydrogens (tertiary/aromatic N) is 4. The summed E-state index contributed by atoms with van der Waals surface area (Å²) in [6.45, 7) is 2.23. The van der Waals surface area contributed by atoms with Crippen molar-refractivity contribution in [2.45, 2.75) is 12.8 Å². The molecule has 0 aromatic carbocycles. The fourth-order valence-electron chi connectivity index (χ4n) is 2.43. The first-order chi connectivity index (χ1) is 8.83. The minimum atomic E-state index is 0.703. The predicted octanol–water partition coefficient (Wildman–Crippen LogP) is 1.03. The maximum absolute atomic E-state index is 4.37. The van der Waals surface area contributed by atoms with Crippen LogP contribution in [0.15, 0.2) is 24.8 Å². The Labute approximate surface area is 106 Å². The summed E-state index contributed by atoms with van der Waals surface area (Å²) in [5, 5.41) is 3.38. The van der Waals surface area contributed by atoms with Gasteiger partial charge in [-0.3, -0.25) is 0 Å². The lowest BCUT2D eigenvalue weighted by Crippen LogP contribution is -2.11. The molecule has 1 N–H and O–H groups in total. The first-order valence-corrected chi connectivity index (χ1v) is 6.32. The molecule has 0 spiro atoms. The van der Waals surface area contributed by atoms with Crippen molar-refractivity contribution in [3.63, 3.8) is 0 Å². The van der Waals surface area contributed by atoms with Crippen molar-refractivity contribution in [1.82, 2.24) is 24.8 Å². The summed E-state index contributed by atoms with van der Waals surface area (Å²) in [6.07, 6.45) is 7.62. The molecule has 3 heterocycles. The van der Waals surface area contributed by atoms with Gasteiger partial charge in [-0.25, -0.2) is 15.0 Å². The molecule has 1 saturated heterocycles. The average Bonchev–Trinajstić information content (AvgIpc) is 3.01. The normalized spacial score (nSPS) is 19.3. The van der Waals surface area contributed by atoms with E-state index in [1.807, 2.05) is 17.8 Å². The van der Waals surface area contributed by atoms with Gasteiger partial charge in [0.15, 0.2) is 5.82 Å². The zero-order chi connectivity index (χ0) is 12.4. The predicted molar refractivity (Wildman–Crippen MR) is 68.9 cm³/mol. The Hall–Kier alpha value is -1.75. The number of hydrogen-bond donors (Lipinski definition) is 1. The van der Waals surface area contributed by atoms with Crippen molar-refractivity contribution in [3.8, 4) is 11.5 Å². The molecule has 5 heteroatoms. The summed E-state index contributed by atoms with van der Waals surface area (Å²) >= 11 is 0. The van der Waals surface area contributed by atoms with Crippen LogP contribution in [0.1, 0.15) is 12.1 Å². The van der Waals surface area contributed by atoms with Crippen LogP contribution in [0, 0.1) is 5.92 Å². The fraction of sp³-hybridized carbons (Fsp3) is 0.462. The number of imidazole rings is 1. The molecule has 0 radical (unpaired) electrons.